The first-order chi connectivity index (χ1) is 27.5. The molecular weight excluding hydrogens is 695 g/mol. The first-order valence-corrected chi connectivity index (χ1v) is 25.3. The van der Waals surface area contributed by atoms with E-state index < -0.39 is 12.1 Å². The molecule has 0 aliphatic heterocycles. The fourth-order valence-corrected chi connectivity index (χ4v) is 7.99. The molecule has 56 heavy (non-hydrogen) atoms. The van der Waals surface area contributed by atoms with Crippen molar-refractivity contribution >= 4 is 11.9 Å². The van der Waals surface area contributed by atoms with Gasteiger partial charge in [-0.15, -0.1) is 0 Å². The van der Waals surface area contributed by atoms with E-state index in [1.165, 1.54) is 193 Å². The van der Waals surface area contributed by atoms with Crippen LogP contribution in [0.25, 0.3) is 0 Å². The Hall–Kier alpha value is -1.14. The maximum Gasteiger partial charge on any atom is 0.305 e. The number of hydrogen-bond acceptors (Lipinski definition) is 5. The van der Waals surface area contributed by atoms with Crippen molar-refractivity contribution in [2.75, 3.05) is 13.2 Å². The summed E-state index contributed by atoms with van der Waals surface area (Å²) in [5.74, 6) is -0.0830. The zero-order chi connectivity index (χ0) is 40.8. The van der Waals surface area contributed by atoms with E-state index >= 15 is 0 Å². The van der Waals surface area contributed by atoms with Gasteiger partial charge in [0.05, 0.1) is 25.4 Å². The quantitative estimate of drug-likeness (QED) is 0.0421. The van der Waals surface area contributed by atoms with Crippen LogP contribution in [-0.4, -0.2) is 47.4 Å². The summed E-state index contributed by atoms with van der Waals surface area (Å²) < 4.78 is 5.44. The Labute approximate surface area is 349 Å². The molecule has 6 heteroatoms. The van der Waals surface area contributed by atoms with Crippen LogP contribution in [0, 0.1) is 0 Å². The molecule has 0 saturated carbocycles. The van der Waals surface area contributed by atoms with Crippen LogP contribution in [0.1, 0.15) is 284 Å². The van der Waals surface area contributed by atoms with Gasteiger partial charge in [0, 0.05) is 12.8 Å². The highest BCUT2D eigenvalue weighted by Crippen LogP contribution is 2.17. The third-order valence-corrected chi connectivity index (χ3v) is 11.9. The molecule has 3 N–H and O–H groups in total. The van der Waals surface area contributed by atoms with Crippen molar-refractivity contribution in [2.24, 2.45) is 0 Å². The first kappa shape index (κ1) is 54.9. The standard InChI is InChI=1S/C50H99NO5/c1-3-5-7-9-11-13-15-17-18-19-20-21-22-23-26-30-34-38-42-48(53)47(46-52)51-49(54)43-39-35-31-27-25-29-33-37-41-45-56-50(55)44-40-36-32-28-24-16-14-12-10-8-6-4-2/h47-48,52-53H,3-46H2,1-2H3,(H,51,54). The maximum absolute atomic E-state index is 12.4. The lowest BCUT2D eigenvalue weighted by atomic mass is 10.0. The van der Waals surface area contributed by atoms with E-state index in [0.717, 1.165) is 57.8 Å². The molecule has 2 unspecified atom stereocenters. The summed E-state index contributed by atoms with van der Waals surface area (Å²) >= 11 is 0. The third-order valence-electron chi connectivity index (χ3n) is 11.9. The van der Waals surface area contributed by atoms with Gasteiger partial charge in [0.25, 0.3) is 0 Å². The Morgan fingerprint density at radius 1 is 0.429 bits per heavy atom. The lowest BCUT2D eigenvalue weighted by Gasteiger charge is -2.22. The smallest absolute Gasteiger partial charge is 0.305 e. The van der Waals surface area contributed by atoms with Gasteiger partial charge >= 0.3 is 5.97 Å². The lowest BCUT2D eigenvalue weighted by molar-refractivity contribution is -0.143. The normalized spacial score (nSPS) is 12.6. The van der Waals surface area contributed by atoms with E-state index in [2.05, 4.69) is 19.2 Å². The summed E-state index contributed by atoms with van der Waals surface area (Å²) in [6, 6.07) is -0.559. The average Bonchev–Trinajstić information content (AvgIpc) is 3.20. The Balaban J connectivity index is 3.48. The zero-order valence-corrected chi connectivity index (χ0v) is 37.9. The Morgan fingerprint density at radius 3 is 1.09 bits per heavy atom. The number of rotatable bonds is 47. The predicted octanol–water partition coefficient (Wildman–Crippen LogP) is 14.8. The SMILES string of the molecule is CCCCCCCCCCCCCCCCCCCCC(O)C(CO)NC(=O)CCCCCCCCCCCOC(=O)CCCCCCCCCCCCCC. The molecule has 0 spiro atoms. The predicted molar refractivity (Wildman–Crippen MR) is 241 cm³/mol. The van der Waals surface area contributed by atoms with Gasteiger partial charge in [0.15, 0.2) is 0 Å². The average molecular weight is 794 g/mol. The molecule has 0 aromatic carbocycles. The molecular formula is C50H99NO5. The molecule has 0 aromatic heterocycles. The molecule has 6 nitrogen and oxygen atoms in total. The lowest BCUT2D eigenvalue weighted by Crippen LogP contribution is -2.45. The topological polar surface area (TPSA) is 95.9 Å². The number of nitrogens with one attached hydrogen (secondary N) is 1. The van der Waals surface area contributed by atoms with Crippen LogP contribution in [-0.2, 0) is 14.3 Å². The molecule has 0 bridgehead atoms. The minimum atomic E-state index is -0.680. The number of hydrogen-bond donors (Lipinski definition) is 3. The van der Waals surface area contributed by atoms with Crippen LogP contribution in [0.2, 0.25) is 0 Å². The second kappa shape index (κ2) is 46.5. The van der Waals surface area contributed by atoms with Crippen LogP contribution < -0.4 is 5.32 Å². The van der Waals surface area contributed by atoms with Crippen LogP contribution in [0.4, 0.5) is 0 Å². The fourth-order valence-electron chi connectivity index (χ4n) is 7.99. The van der Waals surface area contributed by atoms with Gasteiger partial charge in [-0.3, -0.25) is 9.59 Å². The molecule has 1 amide bonds. The molecule has 0 fully saturated rings. The fraction of sp³-hybridized carbons (Fsp3) is 0.960. The van der Waals surface area contributed by atoms with E-state index in [-0.39, 0.29) is 18.5 Å². The number of aliphatic hydroxyl groups is 2. The molecule has 0 saturated heterocycles. The van der Waals surface area contributed by atoms with Crippen molar-refractivity contribution in [1.29, 1.82) is 0 Å². The Morgan fingerprint density at radius 2 is 0.732 bits per heavy atom. The van der Waals surface area contributed by atoms with E-state index in [1.807, 2.05) is 0 Å². The van der Waals surface area contributed by atoms with Gasteiger partial charge in [-0.1, -0.05) is 245 Å². The second-order valence-electron chi connectivity index (χ2n) is 17.5. The van der Waals surface area contributed by atoms with Gasteiger partial charge in [0.1, 0.15) is 0 Å². The minimum Gasteiger partial charge on any atom is -0.466 e. The summed E-state index contributed by atoms with van der Waals surface area (Å²) in [6.45, 7) is 4.90. The van der Waals surface area contributed by atoms with Crippen molar-refractivity contribution in [2.45, 2.75) is 296 Å². The Kier molecular flexibility index (Phi) is 45.6. The highest BCUT2D eigenvalue weighted by atomic mass is 16.5. The summed E-state index contributed by atoms with van der Waals surface area (Å²) in [4.78, 5) is 24.4. The number of esters is 1. The van der Waals surface area contributed by atoms with Crippen molar-refractivity contribution in [3.8, 4) is 0 Å². The monoisotopic (exact) mass is 794 g/mol. The van der Waals surface area contributed by atoms with E-state index in [1.54, 1.807) is 0 Å². The van der Waals surface area contributed by atoms with Gasteiger partial charge in [0.2, 0.25) is 5.91 Å². The zero-order valence-electron chi connectivity index (χ0n) is 37.9. The second-order valence-corrected chi connectivity index (χ2v) is 17.5. The summed E-state index contributed by atoms with van der Waals surface area (Å²) in [5, 5.41) is 23.2. The minimum absolute atomic E-state index is 0.0234. The summed E-state index contributed by atoms with van der Waals surface area (Å²) in [6.07, 6.45) is 50.6. The molecule has 0 heterocycles. The van der Waals surface area contributed by atoms with Gasteiger partial charge < -0.3 is 20.3 Å². The molecule has 2 atom stereocenters. The van der Waals surface area contributed by atoms with Crippen molar-refractivity contribution in [1.82, 2.24) is 5.32 Å². The largest absolute Gasteiger partial charge is 0.466 e. The van der Waals surface area contributed by atoms with Gasteiger partial charge in [-0.2, -0.15) is 0 Å². The van der Waals surface area contributed by atoms with Gasteiger partial charge in [-0.25, -0.2) is 0 Å². The number of amides is 1. The van der Waals surface area contributed by atoms with Crippen LogP contribution >= 0.6 is 0 Å². The van der Waals surface area contributed by atoms with E-state index in [9.17, 15) is 19.8 Å². The van der Waals surface area contributed by atoms with E-state index in [4.69, 9.17) is 4.74 Å². The highest BCUT2D eigenvalue weighted by Gasteiger charge is 2.20. The summed E-state index contributed by atoms with van der Waals surface area (Å²) in [5.41, 5.74) is 0. The number of carbonyl (C=O) groups is 2. The molecule has 0 aliphatic rings. The van der Waals surface area contributed by atoms with Crippen LogP contribution in [0.15, 0.2) is 0 Å². The molecule has 0 radical (unpaired) electrons. The van der Waals surface area contributed by atoms with Crippen molar-refractivity contribution in [3.05, 3.63) is 0 Å². The molecule has 334 valence electrons. The third kappa shape index (κ3) is 42.5. The maximum atomic E-state index is 12.4. The number of ether oxygens (including phenoxy) is 1. The first-order valence-electron chi connectivity index (χ1n) is 25.3. The number of carbonyl (C=O) groups excluding carboxylic acids is 2. The van der Waals surface area contributed by atoms with Gasteiger partial charge in [-0.05, 0) is 25.7 Å². The van der Waals surface area contributed by atoms with E-state index in [0.29, 0.717) is 25.9 Å². The van der Waals surface area contributed by atoms with Crippen LogP contribution in [0.5, 0.6) is 0 Å². The Bertz CT molecular complexity index is 791. The molecule has 0 aromatic rings. The van der Waals surface area contributed by atoms with Crippen LogP contribution in [0.3, 0.4) is 0 Å². The number of unbranched alkanes of at least 4 members (excludes halogenated alkanes) is 36. The molecule has 0 rings (SSSR count). The summed E-state index contributed by atoms with van der Waals surface area (Å²) in [7, 11) is 0. The molecule has 0 aliphatic carbocycles. The van der Waals surface area contributed by atoms with Crippen molar-refractivity contribution < 1.29 is 24.5 Å². The number of aliphatic hydroxyl groups excluding tert-OH is 2. The van der Waals surface area contributed by atoms with Crippen molar-refractivity contribution in [3.63, 3.8) is 0 Å². The highest BCUT2D eigenvalue weighted by molar-refractivity contribution is 5.76.